The van der Waals surface area contributed by atoms with E-state index in [9.17, 15) is 0 Å². The summed E-state index contributed by atoms with van der Waals surface area (Å²) in [7, 11) is 0. The van der Waals surface area contributed by atoms with Crippen LogP contribution in [0.5, 0.6) is 0 Å². The predicted molar refractivity (Wildman–Crippen MR) is 62.5 cm³/mol. The van der Waals surface area contributed by atoms with E-state index in [0.29, 0.717) is 0 Å². The lowest BCUT2D eigenvalue weighted by molar-refractivity contribution is 0.190. The zero-order valence-electron chi connectivity index (χ0n) is 10.1. The quantitative estimate of drug-likeness (QED) is 0.746. The normalized spacial score (nSPS) is 28.1. The molecule has 1 fully saturated rings. The molecule has 1 saturated heterocycles. The maximum absolute atomic E-state index is 3.50. The zero-order chi connectivity index (χ0) is 10.4. The highest BCUT2D eigenvalue weighted by atomic mass is 15.1. The molecular weight excluding hydrogens is 172 g/mol. The molecule has 1 aliphatic rings. The third kappa shape index (κ3) is 4.43. The molecule has 1 heterocycles. The van der Waals surface area contributed by atoms with Crippen LogP contribution in [-0.4, -0.2) is 37.6 Å². The minimum atomic E-state index is 0.805. The highest BCUT2D eigenvalue weighted by Gasteiger charge is 2.14. The van der Waals surface area contributed by atoms with E-state index < -0.39 is 0 Å². The van der Waals surface area contributed by atoms with E-state index in [2.05, 4.69) is 31.0 Å². The van der Waals surface area contributed by atoms with Crippen molar-refractivity contribution in [3.8, 4) is 0 Å². The molecule has 84 valence electrons. The fraction of sp³-hybridized carbons (Fsp3) is 1.00. The summed E-state index contributed by atoms with van der Waals surface area (Å²) in [5.41, 5.74) is 0. The molecule has 2 unspecified atom stereocenters. The van der Waals surface area contributed by atoms with E-state index in [-0.39, 0.29) is 0 Å². The summed E-state index contributed by atoms with van der Waals surface area (Å²) in [6.45, 7) is 13.2. The van der Waals surface area contributed by atoms with Crippen LogP contribution in [0.2, 0.25) is 0 Å². The van der Waals surface area contributed by atoms with Gasteiger partial charge in [-0.2, -0.15) is 0 Å². The Morgan fingerprint density at radius 2 is 2.29 bits per heavy atom. The highest BCUT2D eigenvalue weighted by Crippen LogP contribution is 2.09. The molecule has 2 nitrogen and oxygen atoms in total. The number of hydrogen-bond acceptors (Lipinski definition) is 2. The molecule has 0 bridgehead atoms. The lowest BCUT2D eigenvalue weighted by atomic mass is 10.1. The minimum absolute atomic E-state index is 0.805. The number of nitrogens with one attached hydrogen (secondary N) is 1. The van der Waals surface area contributed by atoms with Crippen LogP contribution in [0.1, 0.15) is 33.6 Å². The molecule has 0 aromatic heterocycles. The van der Waals surface area contributed by atoms with E-state index >= 15 is 0 Å². The van der Waals surface area contributed by atoms with Crippen molar-refractivity contribution in [1.29, 1.82) is 0 Å². The standard InChI is InChI=1S/C12H26N2/c1-4-11(2)9-14-7-5-6-13-8-12(3)10-14/h11-13H,4-10H2,1-3H3. The first-order valence-electron chi connectivity index (χ1n) is 6.15. The van der Waals surface area contributed by atoms with Crippen LogP contribution in [0.15, 0.2) is 0 Å². The Bertz CT molecular complexity index is 145. The molecule has 0 aromatic rings. The molecule has 1 N–H and O–H groups in total. The van der Waals surface area contributed by atoms with Gasteiger partial charge in [-0.15, -0.1) is 0 Å². The van der Waals surface area contributed by atoms with Gasteiger partial charge in [0.25, 0.3) is 0 Å². The summed E-state index contributed by atoms with van der Waals surface area (Å²) < 4.78 is 0. The molecule has 0 saturated carbocycles. The van der Waals surface area contributed by atoms with Gasteiger partial charge in [-0.05, 0) is 37.9 Å². The van der Waals surface area contributed by atoms with Crippen molar-refractivity contribution in [3.63, 3.8) is 0 Å². The Balaban J connectivity index is 2.32. The van der Waals surface area contributed by atoms with Crippen molar-refractivity contribution < 1.29 is 0 Å². The van der Waals surface area contributed by atoms with E-state index in [4.69, 9.17) is 0 Å². The van der Waals surface area contributed by atoms with E-state index in [1.807, 2.05) is 0 Å². The number of hydrogen-bond donors (Lipinski definition) is 1. The Morgan fingerprint density at radius 1 is 1.50 bits per heavy atom. The van der Waals surface area contributed by atoms with Crippen LogP contribution in [0.25, 0.3) is 0 Å². The van der Waals surface area contributed by atoms with Gasteiger partial charge in [-0.1, -0.05) is 27.2 Å². The topological polar surface area (TPSA) is 15.3 Å². The minimum Gasteiger partial charge on any atom is -0.316 e. The third-order valence-corrected chi connectivity index (χ3v) is 3.16. The maximum atomic E-state index is 3.50. The summed E-state index contributed by atoms with van der Waals surface area (Å²) in [6, 6.07) is 0. The van der Waals surface area contributed by atoms with Gasteiger partial charge in [-0.3, -0.25) is 0 Å². The monoisotopic (exact) mass is 198 g/mol. The average molecular weight is 198 g/mol. The summed E-state index contributed by atoms with van der Waals surface area (Å²) >= 11 is 0. The average Bonchev–Trinajstić information content (AvgIpc) is 2.13. The molecule has 0 radical (unpaired) electrons. The molecule has 0 amide bonds. The van der Waals surface area contributed by atoms with Crippen LogP contribution in [0, 0.1) is 11.8 Å². The summed E-state index contributed by atoms with van der Waals surface area (Å²) in [5, 5.41) is 3.50. The Labute approximate surface area is 89.1 Å². The first-order chi connectivity index (χ1) is 6.72. The molecular formula is C12H26N2. The second-order valence-corrected chi connectivity index (χ2v) is 4.94. The second kappa shape index (κ2) is 6.41. The van der Waals surface area contributed by atoms with Gasteiger partial charge in [-0.25, -0.2) is 0 Å². The molecule has 1 rings (SSSR count). The van der Waals surface area contributed by atoms with Crippen LogP contribution in [-0.2, 0) is 0 Å². The van der Waals surface area contributed by atoms with Crippen molar-refractivity contribution in [3.05, 3.63) is 0 Å². The van der Waals surface area contributed by atoms with Crippen LogP contribution >= 0.6 is 0 Å². The van der Waals surface area contributed by atoms with Crippen molar-refractivity contribution in [2.24, 2.45) is 11.8 Å². The second-order valence-electron chi connectivity index (χ2n) is 4.94. The third-order valence-electron chi connectivity index (χ3n) is 3.16. The largest absolute Gasteiger partial charge is 0.316 e. The van der Waals surface area contributed by atoms with Crippen molar-refractivity contribution in [2.75, 3.05) is 32.7 Å². The molecule has 2 atom stereocenters. The molecule has 1 aliphatic heterocycles. The van der Waals surface area contributed by atoms with Gasteiger partial charge in [0.15, 0.2) is 0 Å². The van der Waals surface area contributed by atoms with E-state index in [1.54, 1.807) is 0 Å². The van der Waals surface area contributed by atoms with Crippen LogP contribution < -0.4 is 5.32 Å². The fourth-order valence-electron chi connectivity index (χ4n) is 2.11. The predicted octanol–water partition coefficient (Wildman–Crippen LogP) is 1.96. The zero-order valence-corrected chi connectivity index (χ0v) is 10.1. The van der Waals surface area contributed by atoms with Gasteiger partial charge in [0.1, 0.15) is 0 Å². The lowest BCUT2D eigenvalue weighted by Gasteiger charge is -2.30. The van der Waals surface area contributed by atoms with Gasteiger partial charge in [0, 0.05) is 13.1 Å². The van der Waals surface area contributed by atoms with Crippen molar-refractivity contribution >= 4 is 0 Å². The Kier molecular flexibility index (Phi) is 5.49. The molecule has 0 spiro atoms. The van der Waals surface area contributed by atoms with Crippen molar-refractivity contribution in [2.45, 2.75) is 33.6 Å². The van der Waals surface area contributed by atoms with Gasteiger partial charge < -0.3 is 10.2 Å². The van der Waals surface area contributed by atoms with Crippen LogP contribution in [0.4, 0.5) is 0 Å². The molecule has 0 aliphatic carbocycles. The maximum Gasteiger partial charge on any atom is 0.00193 e. The fourth-order valence-corrected chi connectivity index (χ4v) is 2.11. The first-order valence-corrected chi connectivity index (χ1v) is 6.15. The highest BCUT2D eigenvalue weighted by molar-refractivity contribution is 4.70. The molecule has 0 aromatic carbocycles. The van der Waals surface area contributed by atoms with Gasteiger partial charge in [0.05, 0.1) is 0 Å². The molecule has 14 heavy (non-hydrogen) atoms. The van der Waals surface area contributed by atoms with Crippen molar-refractivity contribution in [1.82, 2.24) is 10.2 Å². The lowest BCUT2D eigenvalue weighted by Crippen LogP contribution is -2.40. The first kappa shape index (κ1) is 12.0. The summed E-state index contributed by atoms with van der Waals surface area (Å²) in [5.74, 6) is 1.66. The summed E-state index contributed by atoms with van der Waals surface area (Å²) in [4.78, 5) is 2.65. The SMILES string of the molecule is CCC(C)CN1CCCNCC(C)C1. The molecule has 2 heteroatoms. The Hall–Kier alpha value is -0.0800. The van der Waals surface area contributed by atoms with Crippen LogP contribution in [0.3, 0.4) is 0 Å². The van der Waals surface area contributed by atoms with Gasteiger partial charge in [0.2, 0.25) is 0 Å². The Morgan fingerprint density at radius 3 is 3.00 bits per heavy atom. The smallest absolute Gasteiger partial charge is 0.00193 e. The number of nitrogens with zero attached hydrogens (tertiary/aromatic N) is 1. The van der Waals surface area contributed by atoms with Gasteiger partial charge >= 0.3 is 0 Å². The number of rotatable bonds is 3. The summed E-state index contributed by atoms with van der Waals surface area (Å²) in [6.07, 6.45) is 2.62. The van der Waals surface area contributed by atoms with E-state index in [0.717, 1.165) is 11.8 Å². The van der Waals surface area contributed by atoms with E-state index in [1.165, 1.54) is 45.6 Å².